The average molecular weight is 214 g/mol. The van der Waals surface area contributed by atoms with E-state index in [2.05, 4.69) is 42.2 Å². The van der Waals surface area contributed by atoms with Crippen LogP contribution in [0.5, 0.6) is 0 Å². The number of nitriles is 1. The summed E-state index contributed by atoms with van der Waals surface area (Å²) in [5, 5.41) is 8.67. The van der Waals surface area contributed by atoms with E-state index in [-0.39, 0.29) is 0 Å². The molecule has 0 radical (unpaired) electrons. The quantitative estimate of drug-likeness (QED) is 0.773. The molecular formula is C14H18N2. The second kappa shape index (κ2) is 5.14. The zero-order valence-corrected chi connectivity index (χ0v) is 9.82. The van der Waals surface area contributed by atoms with Crippen LogP contribution in [0.3, 0.4) is 0 Å². The maximum atomic E-state index is 8.67. The minimum atomic E-state index is 0.512. The summed E-state index contributed by atoms with van der Waals surface area (Å²) in [4.78, 5) is 2.45. The van der Waals surface area contributed by atoms with Crippen molar-refractivity contribution in [3.63, 3.8) is 0 Å². The van der Waals surface area contributed by atoms with Gasteiger partial charge >= 0.3 is 0 Å². The monoisotopic (exact) mass is 214 g/mol. The summed E-state index contributed by atoms with van der Waals surface area (Å²) in [7, 11) is 0. The van der Waals surface area contributed by atoms with Gasteiger partial charge in [0, 0.05) is 25.6 Å². The predicted octanol–water partition coefficient (Wildman–Crippen LogP) is 2.91. The summed E-state index contributed by atoms with van der Waals surface area (Å²) in [6.45, 7) is 4.23. The molecule has 0 unspecified atom stereocenters. The van der Waals surface area contributed by atoms with Gasteiger partial charge in [0.1, 0.15) is 0 Å². The molecule has 16 heavy (non-hydrogen) atoms. The molecule has 1 aromatic carbocycles. The van der Waals surface area contributed by atoms with Gasteiger partial charge in [-0.1, -0.05) is 31.2 Å². The highest BCUT2D eigenvalue weighted by Crippen LogP contribution is 2.31. The molecule has 0 amide bonds. The van der Waals surface area contributed by atoms with Crippen LogP contribution in [0.4, 0.5) is 0 Å². The van der Waals surface area contributed by atoms with Crippen molar-refractivity contribution in [1.82, 2.24) is 4.90 Å². The smallest absolute Gasteiger partial charge is 0.0635 e. The van der Waals surface area contributed by atoms with E-state index in [0.717, 1.165) is 25.9 Å². The normalized spacial score (nSPS) is 20.1. The fraction of sp³-hybridized carbons (Fsp3) is 0.500. The highest BCUT2D eigenvalue weighted by molar-refractivity contribution is 5.32. The summed E-state index contributed by atoms with van der Waals surface area (Å²) in [5.41, 5.74) is 2.96. The van der Waals surface area contributed by atoms with E-state index in [0.29, 0.717) is 12.5 Å². The van der Waals surface area contributed by atoms with Gasteiger partial charge in [0.05, 0.1) is 6.07 Å². The fourth-order valence-electron chi connectivity index (χ4n) is 2.64. The molecule has 0 bridgehead atoms. The number of rotatable bonds is 3. The zero-order valence-electron chi connectivity index (χ0n) is 9.82. The Morgan fingerprint density at radius 1 is 1.44 bits per heavy atom. The summed E-state index contributed by atoms with van der Waals surface area (Å²) in [5.74, 6) is 0. The molecule has 1 heterocycles. The molecule has 1 aliphatic heterocycles. The first-order valence-corrected chi connectivity index (χ1v) is 6.05. The Morgan fingerprint density at radius 3 is 3.00 bits per heavy atom. The molecule has 0 spiro atoms. The first kappa shape index (κ1) is 11.2. The van der Waals surface area contributed by atoms with Crippen LogP contribution in [0.1, 0.15) is 36.9 Å². The van der Waals surface area contributed by atoms with Gasteiger partial charge in [-0.25, -0.2) is 0 Å². The first-order chi connectivity index (χ1) is 7.86. The summed E-state index contributed by atoms with van der Waals surface area (Å²) in [6.07, 6.45) is 2.89. The standard InChI is InChI=1S/C14H18N2/c1-2-14-13-7-4-3-6-12(13)8-11-16(14)10-5-9-15/h3-4,6-7,14H,2,5,8,10-11H2,1H3/t14-/m0/s1. The van der Waals surface area contributed by atoms with Gasteiger partial charge < -0.3 is 0 Å². The van der Waals surface area contributed by atoms with Gasteiger partial charge in [0.2, 0.25) is 0 Å². The highest BCUT2D eigenvalue weighted by Gasteiger charge is 2.24. The lowest BCUT2D eigenvalue weighted by Gasteiger charge is -2.36. The van der Waals surface area contributed by atoms with Gasteiger partial charge in [-0.3, -0.25) is 4.90 Å². The lowest BCUT2D eigenvalue weighted by Crippen LogP contribution is -2.35. The molecule has 2 nitrogen and oxygen atoms in total. The second-order valence-corrected chi connectivity index (χ2v) is 4.32. The van der Waals surface area contributed by atoms with E-state index >= 15 is 0 Å². The largest absolute Gasteiger partial charge is 0.295 e. The van der Waals surface area contributed by atoms with E-state index in [9.17, 15) is 0 Å². The van der Waals surface area contributed by atoms with E-state index < -0.39 is 0 Å². The fourth-order valence-corrected chi connectivity index (χ4v) is 2.64. The van der Waals surface area contributed by atoms with Crippen LogP contribution in [0.25, 0.3) is 0 Å². The van der Waals surface area contributed by atoms with Crippen LogP contribution in [-0.4, -0.2) is 18.0 Å². The molecule has 1 atom stereocenters. The molecule has 2 rings (SSSR count). The molecule has 0 aromatic heterocycles. The number of hydrogen-bond acceptors (Lipinski definition) is 2. The summed E-state index contributed by atoms with van der Waals surface area (Å²) >= 11 is 0. The Balaban J connectivity index is 2.20. The molecular weight excluding hydrogens is 196 g/mol. The second-order valence-electron chi connectivity index (χ2n) is 4.32. The lowest BCUT2D eigenvalue weighted by atomic mass is 9.91. The van der Waals surface area contributed by atoms with Crippen molar-refractivity contribution >= 4 is 0 Å². The Bertz CT molecular complexity index is 392. The van der Waals surface area contributed by atoms with Crippen LogP contribution in [0.15, 0.2) is 24.3 Å². The summed E-state index contributed by atoms with van der Waals surface area (Å²) in [6, 6.07) is 11.5. The topological polar surface area (TPSA) is 27.0 Å². The molecule has 84 valence electrons. The van der Waals surface area contributed by atoms with Crippen molar-refractivity contribution in [2.45, 2.75) is 32.2 Å². The number of nitrogens with zero attached hydrogens (tertiary/aromatic N) is 2. The van der Waals surface area contributed by atoms with E-state index in [1.807, 2.05) is 0 Å². The third-order valence-corrected chi connectivity index (χ3v) is 3.42. The van der Waals surface area contributed by atoms with Crippen LogP contribution in [0, 0.1) is 11.3 Å². The van der Waals surface area contributed by atoms with E-state index in [4.69, 9.17) is 5.26 Å². The molecule has 0 N–H and O–H groups in total. The Labute approximate surface area is 97.5 Å². The molecule has 0 aliphatic carbocycles. The third kappa shape index (κ3) is 2.10. The van der Waals surface area contributed by atoms with Gasteiger partial charge in [-0.05, 0) is 24.0 Å². The molecule has 1 aromatic rings. The van der Waals surface area contributed by atoms with E-state index in [1.165, 1.54) is 11.1 Å². The minimum Gasteiger partial charge on any atom is -0.295 e. The van der Waals surface area contributed by atoms with Crippen molar-refractivity contribution in [3.05, 3.63) is 35.4 Å². The van der Waals surface area contributed by atoms with Crippen molar-refractivity contribution in [1.29, 1.82) is 5.26 Å². The van der Waals surface area contributed by atoms with Crippen LogP contribution in [-0.2, 0) is 6.42 Å². The zero-order chi connectivity index (χ0) is 11.4. The maximum Gasteiger partial charge on any atom is 0.0635 e. The average Bonchev–Trinajstić information content (AvgIpc) is 2.35. The molecule has 0 fully saturated rings. The SMILES string of the molecule is CC[C@H]1c2ccccc2CCN1CCC#N. The molecule has 2 heteroatoms. The minimum absolute atomic E-state index is 0.512. The maximum absolute atomic E-state index is 8.67. The number of hydrogen-bond donors (Lipinski definition) is 0. The van der Waals surface area contributed by atoms with Crippen molar-refractivity contribution in [2.75, 3.05) is 13.1 Å². The van der Waals surface area contributed by atoms with E-state index in [1.54, 1.807) is 0 Å². The molecule has 0 saturated heterocycles. The van der Waals surface area contributed by atoms with Crippen LogP contribution < -0.4 is 0 Å². The van der Waals surface area contributed by atoms with Gasteiger partial charge in [0.15, 0.2) is 0 Å². The van der Waals surface area contributed by atoms with Crippen molar-refractivity contribution in [2.24, 2.45) is 0 Å². The number of benzene rings is 1. The van der Waals surface area contributed by atoms with Crippen LogP contribution in [0.2, 0.25) is 0 Å². The Morgan fingerprint density at radius 2 is 2.25 bits per heavy atom. The lowest BCUT2D eigenvalue weighted by molar-refractivity contribution is 0.184. The van der Waals surface area contributed by atoms with Gasteiger partial charge in [-0.2, -0.15) is 5.26 Å². The predicted molar refractivity (Wildman–Crippen MR) is 65.0 cm³/mol. The van der Waals surface area contributed by atoms with Crippen molar-refractivity contribution < 1.29 is 0 Å². The number of fused-ring (bicyclic) bond motifs is 1. The highest BCUT2D eigenvalue weighted by atomic mass is 15.2. The van der Waals surface area contributed by atoms with Crippen LogP contribution >= 0.6 is 0 Å². The molecule has 0 saturated carbocycles. The van der Waals surface area contributed by atoms with Gasteiger partial charge in [-0.15, -0.1) is 0 Å². The Hall–Kier alpha value is -1.33. The molecule has 1 aliphatic rings. The third-order valence-electron chi connectivity index (χ3n) is 3.42. The van der Waals surface area contributed by atoms with Gasteiger partial charge in [0.25, 0.3) is 0 Å². The van der Waals surface area contributed by atoms with Crippen molar-refractivity contribution in [3.8, 4) is 6.07 Å². The summed E-state index contributed by atoms with van der Waals surface area (Å²) < 4.78 is 0. The first-order valence-electron chi connectivity index (χ1n) is 6.05. The Kier molecular flexibility index (Phi) is 3.58.